The molecule has 1 aromatic heterocycles. The summed E-state index contributed by atoms with van der Waals surface area (Å²) in [5, 5.41) is 13.4. The molecule has 0 fully saturated rings. The van der Waals surface area contributed by atoms with E-state index in [0.717, 1.165) is 5.56 Å². The molecule has 1 aromatic carbocycles. The van der Waals surface area contributed by atoms with Crippen molar-refractivity contribution in [3.63, 3.8) is 0 Å². The van der Waals surface area contributed by atoms with Gasteiger partial charge >= 0.3 is 0 Å². The summed E-state index contributed by atoms with van der Waals surface area (Å²) in [4.78, 5) is 3.94. The molecule has 0 aliphatic rings. The van der Waals surface area contributed by atoms with Crippen LogP contribution in [0.15, 0.2) is 30.6 Å². The summed E-state index contributed by atoms with van der Waals surface area (Å²) in [7, 11) is 0. The van der Waals surface area contributed by atoms with Crippen molar-refractivity contribution in [1.29, 1.82) is 0 Å². The highest BCUT2D eigenvalue weighted by Gasteiger charge is 2.23. The number of nitrogens with one attached hydrogen (secondary N) is 1. The fourth-order valence-corrected chi connectivity index (χ4v) is 2.18. The van der Waals surface area contributed by atoms with Gasteiger partial charge in [-0.3, -0.25) is 9.78 Å². The molecule has 2 N–H and O–H groups in total. The monoisotopic (exact) mass is 263 g/mol. The van der Waals surface area contributed by atoms with Gasteiger partial charge in [-0.05, 0) is 37.2 Å². The molecule has 2 rings (SSSR count). The van der Waals surface area contributed by atoms with Crippen LogP contribution in [-0.4, -0.2) is 25.5 Å². The molecule has 1 unspecified atom stereocenters. The number of benzene rings is 1. The Hall–Kier alpha value is -1.46. The Morgan fingerprint density at radius 3 is 2.78 bits per heavy atom. The predicted octanol–water partition coefficient (Wildman–Crippen LogP) is 2.24. The smallest absolute Gasteiger partial charge is 0.215 e. The number of aliphatic hydroxyl groups is 1. The third-order valence-corrected chi connectivity index (χ3v) is 3.28. The number of hydrogen-bond acceptors (Lipinski definition) is 3. The van der Waals surface area contributed by atoms with Crippen molar-refractivity contribution in [3.8, 4) is 0 Å². The van der Waals surface area contributed by atoms with E-state index in [0.29, 0.717) is 17.7 Å². The Morgan fingerprint density at radius 2 is 2.17 bits per heavy atom. The molecule has 2 aromatic rings. The minimum Gasteiger partial charge on any atom is -0.388 e. The van der Waals surface area contributed by atoms with Crippen LogP contribution < -0.4 is 0 Å². The first kappa shape index (κ1) is 13.0. The summed E-state index contributed by atoms with van der Waals surface area (Å²) in [6.07, 6.45) is 2.12. The average Bonchev–Trinajstić information content (AvgIpc) is 2.67. The summed E-state index contributed by atoms with van der Waals surface area (Å²) < 4.78 is 2.13. The van der Waals surface area contributed by atoms with Gasteiger partial charge in [0.1, 0.15) is 6.33 Å². The first-order valence-electron chi connectivity index (χ1n) is 5.85. The first-order valence-corrected chi connectivity index (χ1v) is 6.26. The SMILES string of the molecule is Cc1ccccc1CC(C)(O)Cn1[nH]cnc1=S. The van der Waals surface area contributed by atoms with Crippen LogP contribution in [0.2, 0.25) is 0 Å². The van der Waals surface area contributed by atoms with Crippen LogP contribution in [0.5, 0.6) is 0 Å². The van der Waals surface area contributed by atoms with Crippen LogP contribution in [0.1, 0.15) is 18.1 Å². The van der Waals surface area contributed by atoms with Gasteiger partial charge in [0.25, 0.3) is 0 Å². The van der Waals surface area contributed by atoms with Crippen molar-refractivity contribution in [3.05, 3.63) is 46.5 Å². The van der Waals surface area contributed by atoms with Crippen molar-refractivity contribution in [2.75, 3.05) is 0 Å². The Morgan fingerprint density at radius 1 is 1.44 bits per heavy atom. The number of aromatic nitrogens is 3. The maximum absolute atomic E-state index is 10.5. The second kappa shape index (κ2) is 5.04. The van der Waals surface area contributed by atoms with E-state index in [9.17, 15) is 5.11 Å². The summed E-state index contributed by atoms with van der Waals surface area (Å²) in [6.45, 7) is 4.26. The highest BCUT2D eigenvalue weighted by molar-refractivity contribution is 7.71. The molecule has 0 spiro atoms. The lowest BCUT2D eigenvalue weighted by molar-refractivity contribution is 0.0379. The number of rotatable bonds is 4. The second-order valence-electron chi connectivity index (χ2n) is 4.86. The number of aromatic amines is 1. The average molecular weight is 263 g/mol. The molecule has 0 saturated carbocycles. The Kier molecular flexibility index (Phi) is 3.63. The van der Waals surface area contributed by atoms with E-state index >= 15 is 0 Å². The van der Waals surface area contributed by atoms with Crippen molar-refractivity contribution in [2.24, 2.45) is 0 Å². The molecule has 4 nitrogen and oxygen atoms in total. The lowest BCUT2D eigenvalue weighted by Gasteiger charge is -2.24. The molecular weight excluding hydrogens is 246 g/mol. The second-order valence-corrected chi connectivity index (χ2v) is 5.22. The molecule has 0 aliphatic carbocycles. The zero-order valence-electron chi connectivity index (χ0n) is 10.6. The Bertz CT molecular complexity index is 586. The largest absolute Gasteiger partial charge is 0.388 e. The molecule has 1 atom stereocenters. The summed E-state index contributed by atoms with van der Waals surface area (Å²) in [6, 6.07) is 8.07. The van der Waals surface area contributed by atoms with Gasteiger partial charge in [-0.2, -0.15) is 0 Å². The zero-order chi connectivity index (χ0) is 13.2. The van der Waals surface area contributed by atoms with Gasteiger partial charge in [0, 0.05) is 6.42 Å². The molecule has 1 heterocycles. The molecular formula is C13H17N3OS. The summed E-state index contributed by atoms with van der Waals surface area (Å²) in [5.74, 6) is 0. The quantitative estimate of drug-likeness (QED) is 0.832. The van der Waals surface area contributed by atoms with E-state index < -0.39 is 5.60 Å². The van der Waals surface area contributed by atoms with Gasteiger partial charge in [0.15, 0.2) is 0 Å². The van der Waals surface area contributed by atoms with E-state index in [1.165, 1.54) is 11.9 Å². The van der Waals surface area contributed by atoms with Gasteiger partial charge < -0.3 is 5.11 Å². The van der Waals surface area contributed by atoms with Crippen LogP contribution in [0, 0.1) is 11.7 Å². The van der Waals surface area contributed by atoms with Gasteiger partial charge in [-0.25, -0.2) is 4.98 Å². The minimum atomic E-state index is -0.864. The third kappa shape index (κ3) is 3.05. The van der Waals surface area contributed by atoms with Crippen LogP contribution in [-0.2, 0) is 13.0 Å². The Balaban J connectivity index is 2.15. The topological polar surface area (TPSA) is 53.8 Å². The molecule has 5 heteroatoms. The number of H-pyrrole nitrogens is 1. The number of aryl methyl sites for hydroxylation is 1. The predicted molar refractivity (Wildman–Crippen MR) is 72.9 cm³/mol. The molecule has 0 aliphatic heterocycles. The molecule has 0 radical (unpaired) electrons. The van der Waals surface area contributed by atoms with E-state index in [2.05, 4.69) is 10.1 Å². The molecule has 96 valence electrons. The van der Waals surface area contributed by atoms with E-state index in [1.54, 1.807) is 4.68 Å². The molecule has 0 amide bonds. The van der Waals surface area contributed by atoms with E-state index in [1.807, 2.05) is 38.1 Å². The van der Waals surface area contributed by atoms with E-state index in [-0.39, 0.29) is 0 Å². The fourth-order valence-electron chi connectivity index (χ4n) is 2.01. The zero-order valence-corrected chi connectivity index (χ0v) is 11.4. The lowest BCUT2D eigenvalue weighted by atomic mass is 9.94. The van der Waals surface area contributed by atoms with E-state index in [4.69, 9.17) is 12.2 Å². The van der Waals surface area contributed by atoms with Gasteiger partial charge in [-0.1, -0.05) is 24.3 Å². The van der Waals surface area contributed by atoms with Crippen molar-refractivity contribution in [2.45, 2.75) is 32.4 Å². The summed E-state index contributed by atoms with van der Waals surface area (Å²) in [5.41, 5.74) is 1.47. The third-order valence-electron chi connectivity index (χ3n) is 2.95. The van der Waals surface area contributed by atoms with Gasteiger partial charge in [0.05, 0.1) is 12.1 Å². The van der Waals surface area contributed by atoms with Crippen molar-refractivity contribution < 1.29 is 5.11 Å². The maximum atomic E-state index is 10.5. The normalized spacial score (nSPS) is 14.4. The van der Waals surface area contributed by atoms with Crippen LogP contribution >= 0.6 is 12.2 Å². The molecule has 18 heavy (non-hydrogen) atoms. The highest BCUT2D eigenvalue weighted by atomic mass is 32.1. The highest BCUT2D eigenvalue weighted by Crippen LogP contribution is 2.18. The van der Waals surface area contributed by atoms with Gasteiger partial charge in [0.2, 0.25) is 4.77 Å². The Labute approximate surface area is 111 Å². The summed E-state index contributed by atoms with van der Waals surface area (Å²) >= 11 is 5.05. The van der Waals surface area contributed by atoms with Crippen LogP contribution in [0.25, 0.3) is 0 Å². The molecule has 0 saturated heterocycles. The van der Waals surface area contributed by atoms with Gasteiger partial charge in [-0.15, -0.1) is 0 Å². The number of hydrogen-bond donors (Lipinski definition) is 2. The van der Waals surface area contributed by atoms with Crippen molar-refractivity contribution in [1.82, 2.24) is 14.8 Å². The van der Waals surface area contributed by atoms with Crippen molar-refractivity contribution >= 4 is 12.2 Å². The minimum absolute atomic E-state index is 0.403. The molecule has 0 bridgehead atoms. The standard InChI is InChI=1S/C13H17N3OS/c1-10-5-3-4-6-11(10)7-13(2,17)8-16-12(18)14-9-15-16/h3-6,9,17H,7-8H2,1-2H3,(H,14,15,18). The lowest BCUT2D eigenvalue weighted by Crippen LogP contribution is -2.33. The fraction of sp³-hybridized carbons (Fsp3) is 0.385. The maximum Gasteiger partial charge on any atom is 0.215 e. The first-order chi connectivity index (χ1) is 8.48. The van der Waals surface area contributed by atoms with Crippen LogP contribution in [0.3, 0.4) is 0 Å². The number of nitrogens with zero attached hydrogens (tertiary/aromatic N) is 2. The van der Waals surface area contributed by atoms with Crippen LogP contribution in [0.4, 0.5) is 0 Å².